The van der Waals surface area contributed by atoms with Gasteiger partial charge >= 0.3 is 6.03 Å². The van der Waals surface area contributed by atoms with Gasteiger partial charge < -0.3 is 15.5 Å². The van der Waals surface area contributed by atoms with Crippen LogP contribution < -0.4 is 10.6 Å². The summed E-state index contributed by atoms with van der Waals surface area (Å²) in [6.07, 6.45) is 1.66. The van der Waals surface area contributed by atoms with Crippen LogP contribution in [0.1, 0.15) is 25.3 Å². The van der Waals surface area contributed by atoms with Gasteiger partial charge in [-0.25, -0.2) is 4.79 Å². The zero-order valence-electron chi connectivity index (χ0n) is 15.1. The third-order valence-corrected chi connectivity index (χ3v) is 4.30. The summed E-state index contributed by atoms with van der Waals surface area (Å²) in [6.45, 7) is 11.3. The molecule has 2 N–H and O–H groups in total. The highest BCUT2D eigenvalue weighted by molar-refractivity contribution is 5.89. The van der Waals surface area contributed by atoms with Crippen molar-refractivity contribution in [2.24, 2.45) is 0 Å². The average molecular weight is 344 g/mol. The molecule has 25 heavy (non-hydrogen) atoms. The molecule has 1 aromatic rings. The first kappa shape index (κ1) is 19.0. The first-order valence-electron chi connectivity index (χ1n) is 8.75. The number of hydrogen-bond donors (Lipinski definition) is 2. The molecule has 136 valence electrons. The van der Waals surface area contributed by atoms with Gasteiger partial charge in [0, 0.05) is 38.4 Å². The minimum atomic E-state index is -0.0898. The fraction of sp³-hybridized carbons (Fsp3) is 0.474. The SMILES string of the molecule is C=CCNC(=O)CN1CCN(C(=O)Nc2ccc(C(C)C)cc2)CC1. The zero-order chi connectivity index (χ0) is 18.2. The maximum atomic E-state index is 12.4. The molecule has 6 nitrogen and oxygen atoms in total. The van der Waals surface area contributed by atoms with Gasteiger partial charge in [0.1, 0.15) is 0 Å². The van der Waals surface area contributed by atoms with E-state index in [2.05, 4.69) is 36.0 Å². The Morgan fingerprint density at radius 3 is 2.36 bits per heavy atom. The summed E-state index contributed by atoms with van der Waals surface area (Å²) in [5.41, 5.74) is 2.06. The van der Waals surface area contributed by atoms with Gasteiger partial charge in [0.05, 0.1) is 6.54 Å². The maximum absolute atomic E-state index is 12.4. The van der Waals surface area contributed by atoms with Crippen molar-refractivity contribution < 1.29 is 9.59 Å². The molecule has 1 heterocycles. The highest BCUT2D eigenvalue weighted by atomic mass is 16.2. The Hall–Kier alpha value is -2.34. The van der Waals surface area contributed by atoms with Gasteiger partial charge in [0.25, 0.3) is 0 Å². The second-order valence-corrected chi connectivity index (χ2v) is 6.56. The third kappa shape index (κ3) is 5.90. The second-order valence-electron chi connectivity index (χ2n) is 6.56. The number of anilines is 1. The van der Waals surface area contributed by atoms with Crippen LogP contribution in [0.2, 0.25) is 0 Å². The van der Waals surface area contributed by atoms with Crippen molar-refractivity contribution in [3.05, 3.63) is 42.5 Å². The van der Waals surface area contributed by atoms with Crippen LogP contribution >= 0.6 is 0 Å². The lowest BCUT2D eigenvalue weighted by Crippen LogP contribution is -2.52. The predicted molar refractivity (Wildman–Crippen MR) is 101 cm³/mol. The number of urea groups is 1. The number of carbonyl (C=O) groups excluding carboxylic acids is 2. The minimum Gasteiger partial charge on any atom is -0.352 e. The van der Waals surface area contributed by atoms with E-state index in [0.717, 1.165) is 5.69 Å². The molecule has 1 aliphatic heterocycles. The van der Waals surface area contributed by atoms with Crippen LogP contribution in [0.25, 0.3) is 0 Å². The fourth-order valence-corrected chi connectivity index (χ4v) is 2.71. The largest absolute Gasteiger partial charge is 0.352 e. The lowest BCUT2D eigenvalue weighted by Gasteiger charge is -2.34. The van der Waals surface area contributed by atoms with Crippen molar-refractivity contribution in [1.82, 2.24) is 15.1 Å². The Balaban J connectivity index is 1.77. The highest BCUT2D eigenvalue weighted by Gasteiger charge is 2.22. The minimum absolute atomic E-state index is 0.0111. The molecule has 0 saturated carbocycles. The van der Waals surface area contributed by atoms with Gasteiger partial charge in [-0.05, 0) is 23.6 Å². The van der Waals surface area contributed by atoms with E-state index in [-0.39, 0.29) is 11.9 Å². The van der Waals surface area contributed by atoms with E-state index >= 15 is 0 Å². The molecule has 0 atom stereocenters. The predicted octanol–water partition coefficient (Wildman–Crippen LogP) is 2.26. The molecular weight excluding hydrogens is 316 g/mol. The third-order valence-electron chi connectivity index (χ3n) is 4.30. The molecule has 6 heteroatoms. The van der Waals surface area contributed by atoms with Crippen LogP contribution in [0, 0.1) is 0 Å². The smallest absolute Gasteiger partial charge is 0.321 e. The van der Waals surface area contributed by atoms with Gasteiger partial charge in [0.15, 0.2) is 0 Å². The summed E-state index contributed by atoms with van der Waals surface area (Å²) in [5.74, 6) is 0.463. The summed E-state index contributed by atoms with van der Waals surface area (Å²) in [4.78, 5) is 27.9. The number of piperazine rings is 1. The van der Waals surface area contributed by atoms with Gasteiger partial charge in [-0.2, -0.15) is 0 Å². The lowest BCUT2D eigenvalue weighted by molar-refractivity contribution is -0.122. The number of hydrogen-bond acceptors (Lipinski definition) is 3. The summed E-state index contributed by atoms with van der Waals surface area (Å²) < 4.78 is 0. The number of rotatable bonds is 6. The summed E-state index contributed by atoms with van der Waals surface area (Å²) >= 11 is 0. The Bertz CT molecular complexity index is 590. The Kier molecular flexibility index (Phi) is 7.01. The van der Waals surface area contributed by atoms with Gasteiger partial charge in [-0.1, -0.05) is 32.1 Å². The van der Waals surface area contributed by atoms with Crippen molar-refractivity contribution in [3.63, 3.8) is 0 Å². The zero-order valence-corrected chi connectivity index (χ0v) is 15.1. The Labute approximate surface area is 149 Å². The monoisotopic (exact) mass is 344 g/mol. The lowest BCUT2D eigenvalue weighted by atomic mass is 10.0. The number of nitrogens with one attached hydrogen (secondary N) is 2. The molecular formula is C19H28N4O2. The van der Waals surface area contributed by atoms with E-state index in [1.165, 1.54) is 5.56 Å². The van der Waals surface area contributed by atoms with E-state index in [4.69, 9.17) is 0 Å². The molecule has 0 aliphatic carbocycles. The van der Waals surface area contributed by atoms with Crippen molar-refractivity contribution in [1.29, 1.82) is 0 Å². The van der Waals surface area contributed by atoms with Gasteiger partial charge in [-0.3, -0.25) is 9.69 Å². The molecule has 1 aromatic carbocycles. The summed E-state index contributed by atoms with van der Waals surface area (Å²) in [5, 5.41) is 5.71. The number of benzene rings is 1. The molecule has 0 aromatic heterocycles. The number of carbonyl (C=O) groups is 2. The van der Waals surface area contributed by atoms with Crippen LogP contribution in [0.4, 0.5) is 10.5 Å². The van der Waals surface area contributed by atoms with Crippen molar-refractivity contribution in [2.75, 3.05) is 44.6 Å². The van der Waals surface area contributed by atoms with Gasteiger partial charge in [0.2, 0.25) is 5.91 Å². The van der Waals surface area contributed by atoms with E-state index in [1.54, 1.807) is 11.0 Å². The van der Waals surface area contributed by atoms with E-state index in [9.17, 15) is 9.59 Å². The fourth-order valence-electron chi connectivity index (χ4n) is 2.71. The molecule has 0 unspecified atom stereocenters. The van der Waals surface area contributed by atoms with Crippen molar-refractivity contribution >= 4 is 17.6 Å². The molecule has 1 fully saturated rings. The van der Waals surface area contributed by atoms with E-state index in [0.29, 0.717) is 45.2 Å². The first-order valence-corrected chi connectivity index (χ1v) is 8.75. The normalized spacial score (nSPS) is 15.1. The molecule has 1 saturated heterocycles. The van der Waals surface area contributed by atoms with Crippen LogP contribution in [0.15, 0.2) is 36.9 Å². The number of nitrogens with zero attached hydrogens (tertiary/aromatic N) is 2. The van der Waals surface area contributed by atoms with Gasteiger partial charge in [-0.15, -0.1) is 6.58 Å². The van der Waals surface area contributed by atoms with Crippen LogP contribution in [0.3, 0.4) is 0 Å². The summed E-state index contributed by atoms with van der Waals surface area (Å²) in [6, 6.07) is 7.87. The molecule has 1 aliphatic rings. The van der Waals surface area contributed by atoms with Crippen molar-refractivity contribution in [3.8, 4) is 0 Å². The maximum Gasteiger partial charge on any atom is 0.321 e. The highest BCUT2D eigenvalue weighted by Crippen LogP contribution is 2.17. The van der Waals surface area contributed by atoms with Crippen LogP contribution in [-0.4, -0.2) is 61.0 Å². The second kappa shape index (κ2) is 9.22. The average Bonchev–Trinajstić information content (AvgIpc) is 2.61. The molecule has 2 rings (SSSR count). The molecule has 3 amide bonds. The first-order chi connectivity index (χ1) is 12.0. The van der Waals surface area contributed by atoms with Crippen molar-refractivity contribution in [2.45, 2.75) is 19.8 Å². The van der Waals surface area contributed by atoms with Crippen LogP contribution in [0.5, 0.6) is 0 Å². The van der Waals surface area contributed by atoms with Crippen LogP contribution in [-0.2, 0) is 4.79 Å². The quantitative estimate of drug-likeness (QED) is 0.778. The van der Waals surface area contributed by atoms with E-state index in [1.807, 2.05) is 24.3 Å². The van der Waals surface area contributed by atoms with E-state index < -0.39 is 0 Å². The molecule has 0 radical (unpaired) electrons. The topological polar surface area (TPSA) is 64.7 Å². The molecule has 0 bridgehead atoms. The molecule has 0 spiro atoms. The summed E-state index contributed by atoms with van der Waals surface area (Å²) in [7, 11) is 0. The standard InChI is InChI=1S/C19H28N4O2/c1-4-9-20-18(24)14-22-10-12-23(13-11-22)19(25)21-17-7-5-16(6-8-17)15(2)3/h4-8,15H,1,9-14H2,2-3H3,(H,20,24)(H,21,25). The Morgan fingerprint density at radius 1 is 1.16 bits per heavy atom. The Morgan fingerprint density at radius 2 is 1.80 bits per heavy atom. The number of amides is 3.